The first-order chi connectivity index (χ1) is 19.4. The molecule has 3 amide bonds. The number of thioether (sulfide) groups is 1. The SMILES string of the molecule is COc1ccc2cncc(N3C(=O)NC4C=C(c5c(Cl)cccc5-c5cc(C)c6ncnn6c5)SC4C3=O)c2c1. The summed E-state index contributed by atoms with van der Waals surface area (Å²) < 4.78 is 7.11. The van der Waals surface area contributed by atoms with Crippen LogP contribution in [0.2, 0.25) is 5.02 Å². The van der Waals surface area contributed by atoms with E-state index >= 15 is 0 Å². The number of fused-ring (bicyclic) bond motifs is 3. The van der Waals surface area contributed by atoms with Crippen molar-refractivity contribution in [3.8, 4) is 16.9 Å². The van der Waals surface area contributed by atoms with E-state index in [1.165, 1.54) is 29.2 Å². The van der Waals surface area contributed by atoms with Gasteiger partial charge in [-0.15, -0.1) is 11.8 Å². The topological polar surface area (TPSA) is 102 Å². The third-order valence-corrected chi connectivity index (χ3v) is 8.84. The summed E-state index contributed by atoms with van der Waals surface area (Å²) in [6.45, 7) is 1.98. The number of aromatic nitrogens is 4. The van der Waals surface area contributed by atoms with Gasteiger partial charge >= 0.3 is 6.03 Å². The molecule has 2 aliphatic heterocycles. The lowest BCUT2D eigenvalue weighted by atomic mass is 9.98. The third kappa shape index (κ3) is 3.82. The zero-order valence-electron chi connectivity index (χ0n) is 21.3. The van der Waals surface area contributed by atoms with Crippen LogP contribution in [0.4, 0.5) is 10.5 Å². The van der Waals surface area contributed by atoms with Crippen LogP contribution in [0, 0.1) is 6.92 Å². The number of aryl methyl sites for hydroxylation is 1. The molecule has 2 aromatic carbocycles. The summed E-state index contributed by atoms with van der Waals surface area (Å²) in [5.41, 5.74) is 4.76. The number of urea groups is 1. The van der Waals surface area contributed by atoms with Crippen molar-refractivity contribution < 1.29 is 14.3 Å². The minimum Gasteiger partial charge on any atom is -0.497 e. The molecule has 2 unspecified atom stereocenters. The number of rotatable bonds is 4. The lowest BCUT2D eigenvalue weighted by Crippen LogP contribution is -2.60. The van der Waals surface area contributed by atoms with Gasteiger partial charge in [0, 0.05) is 44.2 Å². The molecule has 2 aliphatic rings. The Morgan fingerprint density at radius 1 is 1.12 bits per heavy atom. The molecule has 1 fully saturated rings. The number of benzene rings is 2. The van der Waals surface area contributed by atoms with Crippen molar-refractivity contribution in [2.24, 2.45) is 0 Å². The standard InChI is InChI=1S/C29H21ClN6O3S/c1-15-8-17(13-35-27(15)32-14-33-35)19-4-3-5-21(30)25(19)24-10-22-26(40-24)28(37)36(29(38)34-22)23-12-31-11-16-6-7-18(39-2)9-20(16)23/h3-14,22,26H,1-2H3,(H,34,38). The van der Waals surface area contributed by atoms with Gasteiger partial charge in [0.05, 0.1) is 25.0 Å². The normalized spacial score (nSPS) is 18.7. The highest BCUT2D eigenvalue weighted by Crippen LogP contribution is 2.48. The molecule has 9 nitrogen and oxygen atoms in total. The Kier molecular flexibility index (Phi) is 5.76. The zero-order valence-corrected chi connectivity index (χ0v) is 22.9. The number of halogens is 1. The van der Waals surface area contributed by atoms with Gasteiger partial charge in [-0.05, 0) is 54.5 Å². The molecular formula is C29H21ClN6O3S. The third-order valence-electron chi connectivity index (χ3n) is 7.19. The molecule has 40 heavy (non-hydrogen) atoms. The summed E-state index contributed by atoms with van der Waals surface area (Å²) in [5, 5.41) is 8.77. The number of nitrogens with zero attached hydrogens (tertiary/aromatic N) is 5. The van der Waals surface area contributed by atoms with Crippen molar-refractivity contribution in [1.82, 2.24) is 24.9 Å². The van der Waals surface area contributed by atoms with Gasteiger partial charge in [-0.25, -0.2) is 19.2 Å². The quantitative estimate of drug-likeness (QED) is 0.305. The first-order valence-corrected chi connectivity index (χ1v) is 13.7. The molecule has 5 aromatic rings. The average molecular weight is 569 g/mol. The van der Waals surface area contributed by atoms with Gasteiger partial charge < -0.3 is 10.1 Å². The van der Waals surface area contributed by atoms with Crippen LogP contribution in [0.5, 0.6) is 5.75 Å². The van der Waals surface area contributed by atoms with E-state index in [-0.39, 0.29) is 5.91 Å². The number of carbonyl (C=O) groups excluding carboxylic acids is 2. The molecule has 0 spiro atoms. The number of hydrogen-bond acceptors (Lipinski definition) is 7. The maximum atomic E-state index is 13.9. The fraction of sp³-hybridized carbons (Fsp3) is 0.138. The van der Waals surface area contributed by atoms with Crippen LogP contribution in [0.1, 0.15) is 11.1 Å². The van der Waals surface area contributed by atoms with Crippen molar-refractivity contribution in [3.63, 3.8) is 0 Å². The van der Waals surface area contributed by atoms with Crippen LogP contribution in [0.25, 0.3) is 32.5 Å². The molecule has 0 radical (unpaired) electrons. The minimum absolute atomic E-state index is 0.324. The summed E-state index contributed by atoms with van der Waals surface area (Å²) in [6, 6.07) is 12.2. The number of hydrogen-bond donors (Lipinski definition) is 1. The Hall–Kier alpha value is -4.41. The predicted molar refractivity (Wildman–Crippen MR) is 156 cm³/mol. The molecular weight excluding hydrogens is 548 g/mol. The van der Waals surface area contributed by atoms with Gasteiger partial charge in [-0.3, -0.25) is 9.78 Å². The zero-order chi connectivity index (χ0) is 27.5. The maximum absolute atomic E-state index is 13.9. The van der Waals surface area contributed by atoms with Crippen molar-refractivity contribution in [2.75, 3.05) is 12.0 Å². The highest BCUT2D eigenvalue weighted by molar-refractivity contribution is 8.09. The average Bonchev–Trinajstić information content (AvgIpc) is 3.60. The molecule has 3 aromatic heterocycles. The van der Waals surface area contributed by atoms with Gasteiger partial charge in [0.2, 0.25) is 0 Å². The molecule has 198 valence electrons. The molecule has 11 heteroatoms. The van der Waals surface area contributed by atoms with E-state index in [1.807, 2.05) is 55.6 Å². The molecule has 0 bridgehead atoms. The number of ether oxygens (including phenoxy) is 1. The van der Waals surface area contributed by atoms with Crippen LogP contribution in [-0.2, 0) is 4.79 Å². The number of anilines is 1. The van der Waals surface area contributed by atoms with Crippen molar-refractivity contribution in [2.45, 2.75) is 18.2 Å². The van der Waals surface area contributed by atoms with Crippen LogP contribution in [0.15, 0.2) is 73.5 Å². The van der Waals surface area contributed by atoms with Crippen molar-refractivity contribution in [1.29, 1.82) is 0 Å². The van der Waals surface area contributed by atoms with Crippen LogP contribution in [-0.4, -0.2) is 49.9 Å². The minimum atomic E-state index is -0.572. The molecule has 1 N–H and O–H groups in total. The Labute approximate surface area is 237 Å². The molecule has 1 saturated heterocycles. The highest BCUT2D eigenvalue weighted by Gasteiger charge is 2.46. The molecule has 0 aliphatic carbocycles. The summed E-state index contributed by atoms with van der Waals surface area (Å²) >= 11 is 8.18. The summed E-state index contributed by atoms with van der Waals surface area (Å²) in [6.07, 6.45) is 8.57. The van der Waals surface area contributed by atoms with E-state index in [4.69, 9.17) is 16.3 Å². The fourth-order valence-electron chi connectivity index (χ4n) is 5.31. The smallest absolute Gasteiger partial charge is 0.329 e. The van der Waals surface area contributed by atoms with Crippen molar-refractivity contribution >= 4 is 62.3 Å². The lowest BCUT2D eigenvalue weighted by molar-refractivity contribution is -0.118. The second-order valence-corrected chi connectivity index (χ2v) is 11.2. The molecule has 0 saturated carbocycles. The number of imide groups is 1. The molecule has 7 rings (SSSR count). The predicted octanol–water partition coefficient (Wildman–Crippen LogP) is 5.50. The number of amides is 3. The number of carbonyl (C=O) groups is 2. The molecule has 2 atom stereocenters. The maximum Gasteiger partial charge on any atom is 0.329 e. The largest absolute Gasteiger partial charge is 0.497 e. The van der Waals surface area contributed by atoms with Crippen LogP contribution < -0.4 is 15.0 Å². The lowest BCUT2D eigenvalue weighted by Gasteiger charge is -2.33. The van der Waals surface area contributed by atoms with Crippen LogP contribution in [0.3, 0.4) is 0 Å². The van der Waals surface area contributed by atoms with Gasteiger partial charge in [0.1, 0.15) is 17.3 Å². The van der Waals surface area contributed by atoms with E-state index in [0.717, 1.165) is 38.2 Å². The summed E-state index contributed by atoms with van der Waals surface area (Å²) in [5.74, 6) is 0.294. The Bertz CT molecular complexity index is 1900. The first kappa shape index (κ1) is 24.6. The Morgan fingerprint density at radius 2 is 2.00 bits per heavy atom. The van der Waals surface area contributed by atoms with E-state index in [2.05, 4.69) is 20.4 Å². The fourth-order valence-corrected chi connectivity index (χ4v) is 6.98. The Morgan fingerprint density at radius 3 is 2.85 bits per heavy atom. The summed E-state index contributed by atoms with van der Waals surface area (Å²) in [4.78, 5) is 37.8. The molecule has 5 heterocycles. The van der Waals surface area contributed by atoms with E-state index in [0.29, 0.717) is 21.8 Å². The monoisotopic (exact) mass is 568 g/mol. The van der Waals surface area contributed by atoms with Crippen LogP contribution >= 0.6 is 23.4 Å². The van der Waals surface area contributed by atoms with Crippen molar-refractivity contribution in [3.05, 3.63) is 89.6 Å². The van der Waals surface area contributed by atoms with Gasteiger partial charge in [-0.1, -0.05) is 23.7 Å². The summed E-state index contributed by atoms with van der Waals surface area (Å²) in [7, 11) is 1.57. The highest BCUT2D eigenvalue weighted by atomic mass is 35.5. The number of methoxy groups -OCH3 is 1. The Balaban J connectivity index is 1.27. The first-order valence-electron chi connectivity index (χ1n) is 12.5. The van der Waals surface area contributed by atoms with Gasteiger partial charge in [-0.2, -0.15) is 5.10 Å². The van der Waals surface area contributed by atoms with Gasteiger partial charge in [0.15, 0.2) is 5.65 Å². The van der Waals surface area contributed by atoms with E-state index < -0.39 is 17.3 Å². The van der Waals surface area contributed by atoms with Gasteiger partial charge in [0.25, 0.3) is 5.91 Å². The number of nitrogens with one attached hydrogen (secondary N) is 1. The number of pyridine rings is 2. The van der Waals surface area contributed by atoms with E-state index in [1.54, 1.807) is 23.9 Å². The second kappa shape index (κ2) is 9.35. The van der Waals surface area contributed by atoms with E-state index in [9.17, 15) is 9.59 Å². The second-order valence-electron chi connectivity index (χ2n) is 9.57.